The van der Waals surface area contributed by atoms with Gasteiger partial charge < -0.3 is 10.6 Å². The smallest absolute Gasteiger partial charge is 0.220 e. The maximum Gasteiger partial charge on any atom is 0.220 e. The van der Waals surface area contributed by atoms with Crippen molar-refractivity contribution in [1.82, 2.24) is 10.6 Å². The Morgan fingerprint density at radius 3 is 2.83 bits per heavy atom. The number of halogens is 1. The fourth-order valence-corrected chi connectivity index (χ4v) is 3.62. The molecule has 2 unspecified atom stereocenters. The topological polar surface area (TPSA) is 41.1 Å². The van der Waals surface area contributed by atoms with Gasteiger partial charge in [0.1, 0.15) is 0 Å². The van der Waals surface area contributed by atoms with Gasteiger partial charge in [0.05, 0.1) is 0 Å². The van der Waals surface area contributed by atoms with Crippen LogP contribution in [0.15, 0.2) is 24.3 Å². The van der Waals surface area contributed by atoms with Crippen LogP contribution in [0.2, 0.25) is 5.02 Å². The summed E-state index contributed by atoms with van der Waals surface area (Å²) in [7, 11) is 0. The van der Waals surface area contributed by atoms with Gasteiger partial charge in [0.25, 0.3) is 0 Å². The minimum atomic E-state index is -0.299. The maximum absolute atomic E-state index is 12.4. The summed E-state index contributed by atoms with van der Waals surface area (Å²) in [5, 5.41) is 7.37. The highest BCUT2D eigenvalue weighted by molar-refractivity contribution is 6.31. The van der Waals surface area contributed by atoms with E-state index in [1.54, 1.807) is 0 Å². The second kappa shape index (κ2) is 8.16. The van der Waals surface area contributed by atoms with Crippen LogP contribution in [0.4, 0.5) is 0 Å². The van der Waals surface area contributed by atoms with Crippen LogP contribution in [0.25, 0.3) is 0 Å². The molecule has 0 spiro atoms. The van der Waals surface area contributed by atoms with Gasteiger partial charge in [-0.1, -0.05) is 36.7 Å². The first-order valence-electron chi connectivity index (χ1n) is 8.62. The molecule has 4 heteroatoms. The van der Waals surface area contributed by atoms with Crippen molar-refractivity contribution in [1.29, 1.82) is 0 Å². The summed E-state index contributed by atoms with van der Waals surface area (Å²) in [4.78, 5) is 12.4. The summed E-state index contributed by atoms with van der Waals surface area (Å²) >= 11 is 6.23. The number of carbonyl (C=O) groups is 1. The molecule has 3 nitrogen and oxygen atoms in total. The van der Waals surface area contributed by atoms with Crippen molar-refractivity contribution in [2.75, 3.05) is 13.1 Å². The number of amides is 1. The summed E-state index contributed by atoms with van der Waals surface area (Å²) < 4.78 is 0. The minimum absolute atomic E-state index is 0.139. The van der Waals surface area contributed by atoms with Gasteiger partial charge in [-0.05, 0) is 69.7 Å². The molecule has 0 aliphatic carbocycles. The van der Waals surface area contributed by atoms with Crippen molar-refractivity contribution >= 4 is 17.5 Å². The van der Waals surface area contributed by atoms with E-state index in [0.717, 1.165) is 30.1 Å². The van der Waals surface area contributed by atoms with E-state index >= 15 is 0 Å². The van der Waals surface area contributed by atoms with E-state index in [9.17, 15) is 4.79 Å². The lowest BCUT2D eigenvalue weighted by atomic mass is 9.85. The van der Waals surface area contributed by atoms with Gasteiger partial charge in [0.15, 0.2) is 0 Å². The van der Waals surface area contributed by atoms with Crippen molar-refractivity contribution in [3.05, 3.63) is 34.9 Å². The molecule has 1 aliphatic heterocycles. The molecule has 0 saturated carbocycles. The fourth-order valence-electron chi connectivity index (χ4n) is 3.41. The third-order valence-corrected chi connectivity index (χ3v) is 5.08. The second-order valence-electron chi connectivity index (χ2n) is 7.49. The van der Waals surface area contributed by atoms with Crippen LogP contribution in [0.1, 0.15) is 45.6 Å². The van der Waals surface area contributed by atoms with Gasteiger partial charge in [-0.2, -0.15) is 0 Å². The summed E-state index contributed by atoms with van der Waals surface area (Å²) in [6.45, 7) is 8.46. The molecule has 1 saturated heterocycles. The van der Waals surface area contributed by atoms with E-state index in [4.69, 9.17) is 11.6 Å². The zero-order chi connectivity index (χ0) is 16.9. The summed E-state index contributed by atoms with van der Waals surface area (Å²) in [5.41, 5.74) is 0.774. The van der Waals surface area contributed by atoms with Crippen molar-refractivity contribution < 1.29 is 4.79 Å². The average Bonchev–Trinajstić information content (AvgIpc) is 2.49. The number of carbonyl (C=O) groups excluding carboxylic acids is 1. The van der Waals surface area contributed by atoms with Crippen LogP contribution in [0, 0.1) is 11.8 Å². The van der Waals surface area contributed by atoms with Crippen molar-refractivity contribution in [3.63, 3.8) is 0 Å². The quantitative estimate of drug-likeness (QED) is 0.829. The Hall–Kier alpha value is -1.06. The average molecular weight is 337 g/mol. The van der Waals surface area contributed by atoms with Gasteiger partial charge >= 0.3 is 0 Å². The maximum atomic E-state index is 12.4. The van der Waals surface area contributed by atoms with E-state index in [0.29, 0.717) is 18.3 Å². The van der Waals surface area contributed by atoms with Crippen LogP contribution >= 0.6 is 11.6 Å². The first-order valence-corrected chi connectivity index (χ1v) is 9.00. The van der Waals surface area contributed by atoms with Crippen LogP contribution in [0.3, 0.4) is 0 Å². The Labute approximate surface area is 145 Å². The van der Waals surface area contributed by atoms with Crippen LogP contribution in [-0.2, 0) is 11.2 Å². The summed E-state index contributed by atoms with van der Waals surface area (Å²) in [5.74, 6) is 1.17. The first-order chi connectivity index (χ1) is 10.9. The Balaban J connectivity index is 1.86. The normalized spacial score (nSPS) is 20.1. The van der Waals surface area contributed by atoms with Gasteiger partial charge in [0, 0.05) is 17.0 Å². The molecule has 1 aromatic rings. The van der Waals surface area contributed by atoms with Gasteiger partial charge in [-0.25, -0.2) is 0 Å². The molecule has 2 rings (SSSR count). The Morgan fingerprint density at radius 1 is 1.43 bits per heavy atom. The number of benzene rings is 1. The number of hydrogen-bond acceptors (Lipinski definition) is 2. The summed E-state index contributed by atoms with van der Waals surface area (Å²) in [6.07, 6.45) is 3.77. The van der Waals surface area contributed by atoms with Gasteiger partial charge in [-0.3, -0.25) is 4.79 Å². The first kappa shape index (κ1) is 18.3. The standard InChI is InChI=1S/C19H29ClN2O/c1-14(16-8-6-10-21-13-16)11-18(23)22-19(2,3)12-15-7-4-5-9-17(15)20/h4-5,7,9,14,16,21H,6,8,10-13H2,1-3H3,(H,22,23). The molecule has 1 aromatic carbocycles. The van der Waals surface area contributed by atoms with Crippen LogP contribution < -0.4 is 10.6 Å². The largest absolute Gasteiger partial charge is 0.351 e. The Morgan fingerprint density at radius 2 is 2.17 bits per heavy atom. The molecule has 1 fully saturated rings. The molecular weight excluding hydrogens is 308 g/mol. The van der Waals surface area contributed by atoms with E-state index in [-0.39, 0.29) is 11.4 Å². The molecule has 2 N–H and O–H groups in total. The molecule has 0 radical (unpaired) electrons. The Kier molecular flexibility index (Phi) is 6.49. The molecule has 23 heavy (non-hydrogen) atoms. The minimum Gasteiger partial charge on any atom is -0.351 e. The van der Waals surface area contributed by atoms with Gasteiger partial charge in [-0.15, -0.1) is 0 Å². The van der Waals surface area contributed by atoms with Crippen molar-refractivity contribution in [2.45, 2.75) is 52.0 Å². The van der Waals surface area contributed by atoms with Crippen LogP contribution in [-0.4, -0.2) is 24.5 Å². The number of hydrogen-bond donors (Lipinski definition) is 2. The predicted molar refractivity (Wildman–Crippen MR) is 96.8 cm³/mol. The predicted octanol–water partition coefficient (Wildman–Crippen LogP) is 3.80. The highest BCUT2D eigenvalue weighted by Gasteiger charge is 2.26. The second-order valence-corrected chi connectivity index (χ2v) is 7.90. The molecule has 0 aromatic heterocycles. The summed E-state index contributed by atoms with van der Waals surface area (Å²) in [6, 6.07) is 7.83. The van der Waals surface area contributed by atoms with E-state index in [1.807, 2.05) is 24.3 Å². The molecule has 0 bridgehead atoms. The highest BCUT2D eigenvalue weighted by Crippen LogP contribution is 2.24. The molecular formula is C19H29ClN2O. The van der Waals surface area contributed by atoms with E-state index in [2.05, 4.69) is 31.4 Å². The molecule has 1 aliphatic rings. The molecule has 1 heterocycles. The zero-order valence-electron chi connectivity index (χ0n) is 14.5. The number of nitrogens with one attached hydrogen (secondary N) is 2. The van der Waals surface area contributed by atoms with Gasteiger partial charge in [0.2, 0.25) is 5.91 Å². The van der Waals surface area contributed by atoms with Crippen molar-refractivity contribution in [3.8, 4) is 0 Å². The molecule has 1 amide bonds. The lowest BCUT2D eigenvalue weighted by Crippen LogP contribution is -2.46. The Bertz CT molecular complexity index is 524. The third kappa shape index (κ3) is 5.82. The number of rotatable bonds is 6. The van der Waals surface area contributed by atoms with Crippen LogP contribution in [0.5, 0.6) is 0 Å². The SMILES string of the molecule is CC(CC(=O)NC(C)(C)Cc1ccccc1Cl)C1CCCNC1. The van der Waals surface area contributed by atoms with E-state index < -0.39 is 0 Å². The molecule has 2 atom stereocenters. The van der Waals surface area contributed by atoms with Crippen molar-refractivity contribution in [2.24, 2.45) is 11.8 Å². The molecule has 128 valence electrons. The number of piperidine rings is 1. The lowest BCUT2D eigenvalue weighted by molar-refractivity contribution is -0.123. The zero-order valence-corrected chi connectivity index (χ0v) is 15.2. The van der Waals surface area contributed by atoms with E-state index in [1.165, 1.54) is 12.8 Å². The lowest BCUT2D eigenvalue weighted by Gasteiger charge is -2.31. The highest BCUT2D eigenvalue weighted by atomic mass is 35.5. The monoisotopic (exact) mass is 336 g/mol. The third-order valence-electron chi connectivity index (χ3n) is 4.72. The fraction of sp³-hybridized carbons (Fsp3) is 0.632.